The van der Waals surface area contributed by atoms with E-state index in [1.165, 1.54) is 4.68 Å². The van der Waals surface area contributed by atoms with E-state index in [9.17, 15) is 9.59 Å². The van der Waals surface area contributed by atoms with Crippen LogP contribution in [0.1, 0.15) is 19.2 Å². The van der Waals surface area contributed by atoms with E-state index in [4.69, 9.17) is 4.74 Å². The first-order chi connectivity index (χ1) is 12.0. The standard InChI is InChI=1S/C15H21N7O3/c1-4-7-16-15(24)18-14(23)9-17-11-5-6-13(25-3)12(8-11)22-10(2)19-20-21-22/h5-6,8,17H,4,7,9H2,1-3H3,(H2,16,18,23,24). The van der Waals surface area contributed by atoms with Gasteiger partial charge in [0.25, 0.3) is 0 Å². The number of hydrogen-bond donors (Lipinski definition) is 3. The molecule has 2 rings (SSSR count). The third-order valence-corrected chi connectivity index (χ3v) is 3.27. The second-order valence-electron chi connectivity index (χ2n) is 5.18. The number of carbonyl (C=O) groups excluding carboxylic acids is 2. The molecule has 3 N–H and O–H groups in total. The highest BCUT2D eigenvalue weighted by molar-refractivity contribution is 5.96. The number of methoxy groups -OCH3 is 1. The minimum absolute atomic E-state index is 0.0557. The molecule has 3 amide bonds. The Morgan fingerprint density at radius 2 is 2.12 bits per heavy atom. The highest BCUT2D eigenvalue weighted by Crippen LogP contribution is 2.26. The molecule has 0 fully saturated rings. The van der Waals surface area contributed by atoms with Gasteiger partial charge in [0.05, 0.1) is 13.7 Å². The molecule has 0 saturated carbocycles. The molecule has 0 saturated heterocycles. The Kier molecular flexibility index (Phi) is 6.26. The number of tetrazole rings is 1. The van der Waals surface area contributed by atoms with Gasteiger partial charge in [-0.1, -0.05) is 6.92 Å². The van der Waals surface area contributed by atoms with Crippen LogP contribution in [0.2, 0.25) is 0 Å². The molecule has 0 aliphatic heterocycles. The number of aromatic nitrogens is 4. The minimum atomic E-state index is -0.506. The second kappa shape index (κ2) is 8.62. The fourth-order valence-corrected chi connectivity index (χ4v) is 2.06. The molecular formula is C15H21N7O3. The third kappa shape index (κ3) is 4.90. The van der Waals surface area contributed by atoms with Crippen molar-refractivity contribution in [2.75, 3.05) is 25.5 Å². The van der Waals surface area contributed by atoms with Crippen molar-refractivity contribution in [3.63, 3.8) is 0 Å². The molecular weight excluding hydrogens is 326 g/mol. The molecule has 0 aliphatic rings. The maximum atomic E-state index is 11.8. The molecule has 25 heavy (non-hydrogen) atoms. The summed E-state index contributed by atoms with van der Waals surface area (Å²) < 4.78 is 6.85. The molecule has 1 aromatic carbocycles. The Labute approximate surface area is 144 Å². The molecule has 10 nitrogen and oxygen atoms in total. The van der Waals surface area contributed by atoms with Crippen LogP contribution in [-0.2, 0) is 4.79 Å². The minimum Gasteiger partial charge on any atom is -0.494 e. The van der Waals surface area contributed by atoms with E-state index in [1.807, 2.05) is 6.92 Å². The lowest BCUT2D eigenvalue weighted by atomic mass is 10.2. The number of nitrogens with one attached hydrogen (secondary N) is 3. The van der Waals surface area contributed by atoms with Crippen LogP contribution < -0.4 is 20.7 Å². The van der Waals surface area contributed by atoms with E-state index >= 15 is 0 Å². The molecule has 1 aromatic heterocycles. The van der Waals surface area contributed by atoms with Gasteiger partial charge >= 0.3 is 6.03 Å². The Hall–Kier alpha value is -3.17. The van der Waals surface area contributed by atoms with Crippen molar-refractivity contribution >= 4 is 17.6 Å². The molecule has 0 bridgehead atoms. The monoisotopic (exact) mass is 347 g/mol. The van der Waals surface area contributed by atoms with Crippen LogP contribution >= 0.6 is 0 Å². The first-order valence-corrected chi connectivity index (χ1v) is 7.80. The zero-order valence-corrected chi connectivity index (χ0v) is 14.4. The largest absolute Gasteiger partial charge is 0.494 e. The Morgan fingerprint density at radius 3 is 2.76 bits per heavy atom. The van der Waals surface area contributed by atoms with Gasteiger partial charge in [-0.05, 0) is 42.0 Å². The van der Waals surface area contributed by atoms with Crippen LogP contribution in [0.4, 0.5) is 10.5 Å². The van der Waals surface area contributed by atoms with Crippen molar-refractivity contribution in [3.05, 3.63) is 24.0 Å². The smallest absolute Gasteiger partial charge is 0.321 e. The zero-order chi connectivity index (χ0) is 18.2. The van der Waals surface area contributed by atoms with Crippen LogP contribution in [0.3, 0.4) is 0 Å². The number of aryl methyl sites for hydroxylation is 1. The molecule has 2 aromatic rings. The average molecular weight is 347 g/mol. The van der Waals surface area contributed by atoms with Gasteiger partial charge in [0.1, 0.15) is 11.4 Å². The lowest BCUT2D eigenvalue weighted by Crippen LogP contribution is -2.42. The van der Waals surface area contributed by atoms with Crippen molar-refractivity contribution in [2.45, 2.75) is 20.3 Å². The fourth-order valence-electron chi connectivity index (χ4n) is 2.06. The first kappa shape index (κ1) is 18.2. The Bertz CT molecular complexity index is 744. The summed E-state index contributed by atoms with van der Waals surface area (Å²) >= 11 is 0. The van der Waals surface area contributed by atoms with E-state index in [2.05, 4.69) is 31.5 Å². The topological polar surface area (TPSA) is 123 Å². The number of imide groups is 1. The van der Waals surface area contributed by atoms with E-state index in [1.54, 1.807) is 32.2 Å². The molecule has 10 heteroatoms. The number of urea groups is 1. The lowest BCUT2D eigenvalue weighted by Gasteiger charge is -2.12. The number of nitrogens with zero attached hydrogens (tertiary/aromatic N) is 4. The van der Waals surface area contributed by atoms with Crippen LogP contribution in [0.15, 0.2) is 18.2 Å². The Balaban J connectivity index is 2.02. The van der Waals surface area contributed by atoms with Gasteiger partial charge in [-0.15, -0.1) is 5.10 Å². The third-order valence-electron chi connectivity index (χ3n) is 3.27. The normalized spacial score (nSPS) is 10.2. The second-order valence-corrected chi connectivity index (χ2v) is 5.18. The van der Waals surface area contributed by atoms with Crippen LogP contribution in [0, 0.1) is 6.92 Å². The highest BCUT2D eigenvalue weighted by Gasteiger charge is 2.12. The van der Waals surface area contributed by atoms with Crippen molar-refractivity contribution in [1.29, 1.82) is 0 Å². The van der Waals surface area contributed by atoms with Crippen LogP contribution in [0.5, 0.6) is 5.75 Å². The molecule has 0 spiro atoms. The summed E-state index contributed by atoms with van der Waals surface area (Å²) in [7, 11) is 1.55. The molecule has 0 unspecified atom stereocenters. The van der Waals surface area contributed by atoms with Gasteiger partial charge in [-0.25, -0.2) is 4.79 Å². The quantitative estimate of drug-likeness (QED) is 0.671. The molecule has 134 valence electrons. The number of anilines is 1. The summed E-state index contributed by atoms with van der Waals surface area (Å²) in [5, 5.41) is 19.1. The van der Waals surface area contributed by atoms with Gasteiger partial charge in [0.2, 0.25) is 5.91 Å². The van der Waals surface area contributed by atoms with Gasteiger partial charge in [0.15, 0.2) is 5.82 Å². The number of carbonyl (C=O) groups is 2. The summed E-state index contributed by atoms with van der Waals surface area (Å²) in [4.78, 5) is 23.2. The van der Waals surface area contributed by atoms with Crippen LogP contribution in [0.25, 0.3) is 5.69 Å². The summed E-state index contributed by atoms with van der Waals surface area (Å²) in [6.07, 6.45) is 0.797. The summed E-state index contributed by atoms with van der Waals surface area (Å²) in [6, 6.07) is 4.75. The highest BCUT2D eigenvalue weighted by atomic mass is 16.5. The number of ether oxygens (including phenoxy) is 1. The maximum Gasteiger partial charge on any atom is 0.321 e. The van der Waals surface area contributed by atoms with Crippen molar-refractivity contribution < 1.29 is 14.3 Å². The summed E-state index contributed by atoms with van der Waals surface area (Å²) in [5.41, 5.74) is 1.30. The summed E-state index contributed by atoms with van der Waals surface area (Å²) in [5.74, 6) is 0.745. The maximum absolute atomic E-state index is 11.8. The predicted octanol–water partition coefficient (Wildman–Crippen LogP) is 0.627. The van der Waals surface area contributed by atoms with E-state index < -0.39 is 11.9 Å². The van der Waals surface area contributed by atoms with E-state index in [0.29, 0.717) is 29.5 Å². The number of rotatable bonds is 7. The molecule has 1 heterocycles. The predicted molar refractivity (Wildman–Crippen MR) is 90.8 cm³/mol. The lowest BCUT2D eigenvalue weighted by molar-refractivity contribution is -0.118. The summed E-state index contributed by atoms with van der Waals surface area (Å²) in [6.45, 7) is 4.15. The van der Waals surface area contributed by atoms with Gasteiger partial charge in [0, 0.05) is 12.2 Å². The molecule has 0 radical (unpaired) electrons. The van der Waals surface area contributed by atoms with Crippen molar-refractivity contribution in [3.8, 4) is 11.4 Å². The van der Waals surface area contributed by atoms with E-state index in [-0.39, 0.29) is 6.54 Å². The fraction of sp³-hybridized carbons (Fsp3) is 0.400. The average Bonchev–Trinajstić information content (AvgIpc) is 3.03. The number of amides is 3. The van der Waals surface area contributed by atoms with Crippen molar-refractivity contribution in [1.82, 2.24) is 30.8 Å². The number of hydrogen-bond acceptors (Lipinski definition) is 7. The van der Waals surface area contributed by atoms with E-state index in [0.717, 1.165) is 6.42 Å². The molecule has 0 atom stereocenters. The van der Waals surface area contributed by atoms with Gasteiger partial charge < -0.3 is 15.4 Å². The SMILES string of the molecule is CCCNC(=O)NC(=O)CNc1ccc(OC)c(-n2nnnc2C)c1. The zero-order valence-electron chi connectivity index (χ0n) is 14.4. The Morgan fingerprint density at radius 1 is 1.32 bits per heavy atom. The van der Waals surface area contributed by atoms with Gasteiger partial charge in [-0.3, -0.25) is 10.1 Å². The van der Waals surface area contributed by atoms with Crippen molar-refractivity contribution in [2.24, 2.45) is 0 Å². The van der Waals surface area contributed by atoms with Crippen LogP contribution in [-0.4, -0.2) is 52.3 Å². The molecule has 0 aliphatic carbocycles. The number of benzene rings is 1. The first-order valence-electron chi connectivity index (χ1n) is 7.80. The van der Waals surface area contributed by atoms with Gasteiger partial charge in [-0.2, -0.15) is 4.68 Å².